The van der Waals surface area contributed by atoms with Crippen molar-refractivity contribution in [1.29, 1.82) is 0 Å². The zero-order valence-electron chi connectivity index (χ0n) is 14.4. The first-order valence-electron chi connectivity index (χ1n) is 8.45. The Balaban J connectivity index is 3.34. The highest BCUT2D eigenvalue weighted by molar-refractivity contribution is 5.73. The Kier molecular flexibility index (Phi) is 14.1. The maximum absolute atomic E-state index is 11.4. The van der Waals surface area contributed by atoms with E-state index >= 15 is 0 Å². The lowest BCUT2D eigenvalue weighted by atomic mass is 10.1. The predicted octanol–water partition coefficient (Wildman–Crippen LogP) is 3.50. The molecule has 0 N–H and O–H groups in total. The Labute approximate surface area is 134 Å². The Morgan fingerprint density at radius 1 is 0.818 bits per heavy atom. The summed E-state index contributed by atoms with van der Waals surface area (Å²) in [6.45, 7) is 6.49. The van der Waals surface area contributed by atoms with Crippen LogP contribution in [0, 0.1) is 5.92 Å². The van der Waals surface area contributed by atoms with Crippen molar-refractivity contribution in [3.05, 3.63) is 0 Å². The smallest absolute Gasteiger partial charge is 0.332 e. The minimum Gasteiger partial charge on any atom is -0.464 e. The van der Waals surface area contributed by atoms with E-state index in [1.807, 2.05) is 13.8 Å². The summed E-state index contributed by atoms with van der Waals surface area (Å²) in [6.07, 6.45) is 8.25. The Morgan fingerprint density at radius 2 is 1.36 bits per heavy atom. The van der Waals surface area contributed by atoms with Gasteiger partial charge in [0.05, 0.1) is 13.2 Å². The number of hydrogen-bond donors (Lipinski definition) is 0. The van der Waals surface area contributed by atoms with Crippen molar-refractivity contribution in [3.8, 4) is 0 Å². The monoisotopic (exact) mass is 316 g/mol. The highest BCUT2D eigenvalue weighted by atomic mass is 16.6. The molecule has 0 radical (unpaired) electrons. The molecule has 0 aromatic heterocycles. The first-order valence-corrected chi connectivity index (χ1v) is 8.45. The Bertz CT molecular complexity index is 289. The molecule has 0 bridgehead atoms. The molecule has 0 aliphatic rings. The van der Waals surface area contributed by atoms with Gasteiger partial charge < -0.3 is 14.2 Å². The lowest BCUT2D eigenvalue weighted by Crippen LogP contribution is -2.20. The van der Waals surface area contributed by atoms with Gasteiger partial charge in [-0.15, -0.1) is 0 Å². The topological polar surface area (TPSA) is 61.8 Å². The summed E-state index contributed by atoms with van der Waals surface area (Å²) in [6, 6.07) is 0. The van der Waals surface area contributed by atoms with Gasteiger partial charge in [0.2, 0.25) is 0 Å². The molecule has 0 aliphatic carbocycles. The summed E-state index contributed by atoms with van der Waals surface area (Å²) in [5, 5.41) is 0. The third-order valence-corrected chi connectivity index (χ3v) is 3.03. The van der Waals surface area contributed by atoms with Crippen LogP contribution in [0.2, 0.25) is 0 Å². The van der Waals surface area contributed by atoms with E-state index in [-0.39, 0.29) is 19.1 Å². The number of hydrogen-bond acceptors (Lipinski definition) is 5. The molecule has 130 valence electrons. The van der Waals surface area contributed by atoms with Crippen molar-refractivity contribution in [2.75, 3.05) is 26.4 Å². The second kappa shape index (κ2) is 14.8. The summed E-state index contributed by atoms with van der Waals surface area (Å²) in [4.78, 5) is 22.6. The van der Waals surface area contributed by atoms with Gasteiger partial charge in [-0.1, -0.05) is 59.3 Å². The molecule has 0 saturated heterocycles. The lowest BCUT2D eigenvalue weighted by Gasteiger charge is -2.08. The summed E-state index contributed by atoms with van der Waals surface area (Å²) in [5.41, 5.74) is 0. The Morgan fingerprint density at radius 3 is 1.95 bits per heavy atom. The number of rotatable bonds is 14. The van der Waals surface area contributed by atoms with Gasteiger partial charge in [-0.05, 0) is 12.3 Å². The molecule has 0 aromatic rings. The largest absolute Gasteiger partial charge is 0.464 e. The minimum atomic E-state index is -0.450. The number of carbonyl (C=O) groups is 2. The van der Waals surface area contributed by atoms with E-state index in [2.05, 4.69) is 6.92 Å². The van der Waals surface area contributed by atoms with E-state index in [9.17, 15) is 9.59 Å². The second-order valence-corrected chi connectivity index (χ2v) is 5.91. The molecule has 22 heavy (non-hydrogen) atoms. The van der Waals surface area contributed by atoms with Crippen molar-refractivity contribution < 1.29 is 23.8 Å². The Hall–Kier alpha value is -1.10. The molecule has 0 heterocycles. The quantitative estimate of drug-likeness (QED) is 0.362. The number of carbonyl (C=O) groups excluding carboxylic acids is 2. The highest BCUT2D eigenvalue weighted by Gasteiger charge is 2.08. The van der Waals surface area contributed by atoms with Crippen molar-refractivity contribution >= 4 is 11.9 Å². The average Bonchev–Trinajstić information content (AvgIpc) is 2.48. The van der Waals surface area contributed by atoms with Crippen molar-refractivity contribution in [2.24, 2.45) is 5.92 Å². The third kappa shape index (κ3) is 15.3. The van der Waals surface area contributed by atoms with Gasteiger partial charge in [-0.2, -0.15) is 0 Å². The molecule has 5 nitrogen and oxygen atoms in total. The van der Waals surface area contributed by atoms with Crippen LogP contribution in [0.3, 0.4) is 0 Å². The van der Waals surface area contributed by atoms with E-state index < -0.39 is 11.9 Å². The van der Waals surface area contributed by atoms with Gasteiger partial charge in [-0.25, -0.2) is 9.59 Å². The molecule has 0 aromatic carbocycles. The summed E-state index contributed by atoms with van der Waals surface area (Å²) in [7, 11) is 0. The van der Waals surface area contributed by atoms with E-state index in [1.165, 1.54) is 32.1 Å². The van der Waals surface area contributed by atoms with Gasteiger partial charge in [0.15, 0.2) is 0 Å². The fourth-order valence-electron chi connectivity index (χ4n) is 1.81. The highest BCUT2D eigenvalue weighted by Crippen LogP contribution is 2.06. The molecule has 0 amide bonds. The van der Waals surface area contributed by atoms with Gasteiger partial charge in [-0.3, -0.25) is 0 Å². The molecule has 0 saturated carbocycles. The zero-order valence-corrected chi connectivity index (χ0v) is 14.4. The summed E-state index contributed by atoms with van der Waals surface area (Å²) >= 11 is 0. The molecule has 0 aliphatic heterocycles. The summed E-state index contributed by atoms with van der Waals surface area (Å²) < 4.78 is 14.9. The van der Waals surface area contributed by atoms with E-state index in [0.29, 0.717) is 13.2 Å². The van der Waals surface area contributed by atoms with E-state index in [1.54, 1.807) is 0 Å². The van der Waals surface area contributed by atoms with Crippen LogP contribution in [0.4, 0.5) is 0 Å². The van der Waals surface area contributed by atoms with Crippen LogP contribution in [-0.4, -0.2) is 38.4 Å². The van der Waals surface area contributed by atoms with Crippen LogP contribution in [-0.2, 0) is 23.8 Å². The first-order chi connectivity index (χ1) is 10.6. The van der Waals surface area contributed by atoms with Crippen molar-refractivity contribution in [1.82, 2.24) is 0 Å². The lowest BCUT2D eigenvalue weighted by molar-refractivity contribution is -0.156. The molecule has 0 fully saturated rings. The fraction of sp³-hybridized carbons (Fsp3) is 0.882. The SMILES string of the molecule is CCCCCCCCCOC(=O)COCC(=O)OCC(C)C. The van der Waals surface area contributed by atoms with Crippen LogP contribution >= 0.6 is 0 Å². The third-order valence-electron chi connectivity index (χ3n) is 3.03. The van der Waals surface area contributed by atoms with Crippen molar-refractivity contribution in [3.63, 3.8) is 0 Å². The molecule has 0 atom stereocenters. The first kappa shape index (κ1) is 20.9. The standard InChI is InChI=1S/C17H32O5/c1-4-5-6-7-8-9-10-11-21-16(18)13-20-14-17(19)22-12-15(2)3/h15H,4-14H2,1-3H3. The number of esters is 2. The number of unbranched alkanes of at least 4 members (excludes halogenated alkanes) is 6. The predicted molar refractivity (Wildman–Crippen MR) is 85.6 cm³/mol. The van der Waals surface area contributed by atoms with Gasteiger partial charge in [0.25, 0.3) is 0 Å². The van der Waals surface area contributed by atoms with Crippen LogP contribution < -0.4 is 0 Å². The van der Waals surface area contributed by atoms with Gasteiger partial charge in [0.1, 0.15) is 13.2 Å². The van der Waals surface area contributed by atoms with Crippen molar-refractivity contribution in [2.45, 2.75) is 65.7 Å². The normalized spacial score (nSPS) is 10.7. The van der Waals surface area contributed by atoms with Crippen LogP contribution in [0.15, 0.2) is 0 Å². The minimum absolute atomic E-state index is 0.201. The fourth-order valence-corrected chi connectivity index (χ4v) is 1.81. The number of ether oxygens (including phenoxy) is 3. The summed E-state index contributed by atoms with van der Waals surface area (Å²) in [5.74, 6) is -0.591. The van der Waals surface area contributed by atoms with Gasteiger partial charge >= 0.3 is 11.9 Å². The molecule has 5 heteroatoms. The molecule has 0 unspecified atom stereocenters. The van der Waals surface area contributed by atoms with Gasteiger partial charge in [0, 0.05) is 0 Å². The van der Waals surface area contributed by atoms with Crippen LogP contribution in [0.5, 0.6) is 0 Å². The molecule has 0 spiro atoms. The van der Waals surface area contributed by atoms with E-state index in [4.69, 9.17) is 14.2 Å². The molecule has 0 rings (SSSR count). The average molecular weight is 316 g/mol. The molecular weight excluding hydrogens is 284 g/mol. The molecular formula is C17H32O5. The van der Waals surface area contributed by atoms with Crippen LogP contribution in [0.25, 0.3) is 0 Å². The zero-order chi connectivity index (χ0) is 16.6. The second-order valence-electron chi connectivity index (χ2n) is 5.91. The maximum atomic E-state index is 11.4. The van der Waals surface area contributed by atoms with E-state index in [0.717, 1.165) is 12.8 Å². The van der Waals surface area contributed by atoms with Crippen LogP contribution in [0.1, 0.15) is 65.7 Å². The maximum Gasteiger partial charge on any atom is 0.332 e.